The van der Waals surface area contributed by atoms with Gasteiger partial charge in [0.1, 0.15) is 0 Å². The van der Waals surface area contributed by atoms with E-state index < -0.39 is 10.0 Å². The van der Waals surface area contributed by atoms with Crippen LogP contribution in [0.2, 0.25) is 0 Å². The Hall–Kier alpha value is -0.130. The summed E-state index contributed by atoms with van der Waals surface area (Å²) in [4.78, 5) is 0. The van der Waals surface area contributed by atoms with Crippen molar-refractivity contribution in [3.8, 4) is 0 Å². The number of rotatable bonds is 11. The van der Waals surface area contributed by atoms with Crippen LogP contribution in [0.4, 0.5) is 0 Å². The van der Waals surface area contributed by atoms with Crippen molar-refractivity contribution < 1.29 is 8.42 Å². The Morgan fingerprint density at radius 3 is 2.17 bits per heavy atom. The second kappa shape index (κ2) is 9.75. The Balaban J connectivity index is 3.74. The molecule has 2 N–H and O–H groups in total. The van der Waals surface area contributed by atoms with Crippen LogP contribution in [0.5, 0.6) is 0 Å². The smallest absolute Gasteiger partial charge is 0.211 e. The molecule has 0 rings (SSSR count). The van der Waals surface area contributed by atoms with Crippen molar-refractivity contribution in [3.63, 3.8) is 0 Å². The molecule has 0 amide bonds. The second-order valence-electron chi connectivity index (χ2n) is 5.17. The lowest BCUT2D eigenvalue weighted by Gasteiger charge is -2.13. The number of hydrogen-bond donors (Lipinski definition) is 2. The quantitative estimate of drug-likeness (QED) is 0.569. The van der Waals surface area contributed by atoms with Crippen LogP contribution in [0.15, 0.2) is 0 Å². The molecule has 0 aromatic carbocycles. The highest BCUT2D eigenvalue weighted by molar-refractivity contribution is 7.89. The van der Waals surface area contributed by atoms with Crippen LogP contribution in [-0.4, -0.2) is 33.3 Å². The maximum Gasteiger partial charge on any atom is 0.211 e. The number of hydrogen-bond acceptors (Lipinski definition) is 3. The molecular formula is C13H30N2O2S. The minimum absolute atomic E-state index is 0.243. The monoisotopic (exact) mass is 278 g/mol. The highest BCUT2D eigenvalue weighted by atomic mass is 32.2. The van der Waals surface area contributed by atoms with Crippen LogP contribution in [0, 0.1) is 5.92 Å². The maximum atomic E-state index is 11.7. The fraction of sp³-hybridized carbons (Fsp3) is 1.00. The molecule has 4 nitrogen and oxygen atoms in total. The van der Waals surface area contributed by atoms with Gasteiger partial charge in [0.15, 0.2) is 0 Å². The summed E-state index contributed by atoms with van der Waals surface area (Å²) in [7, 11) is -3.08. The zero-order chi connectivity index (χ0) is 14.0. The van der Waals surface area contributed by atoms with Gasteiger partial charge in [-0.15, -0.1) is 0 Å². The Labute approximate surface area is 113 Å². The first kappa shape index (κ1) is 17.9. The molecule has 0 atom stereocenters. The Kier molecular flexibility index (Phi) is 9.68. The molecule has 110 valence electrons. The standard InChI is InChI=1S/C13H30N2O2S/c1-5-13(6-2)11-15-18(16,17)10-8-7-9-14-12(3)4/h12-15H,5-11H2,1-4H3. The lowest BCUT2D eigenvalue weighted by molar-refractivity contribution is 0.478. The topological polar surface area (TPSA) is 58.2 Å². The molecule has 0 aliphatic carbocycles. The van der Waals surface area contributed by atoms with Crippen molar-refractivity contribution in [2.45, 2.75) is 59.4 Å². The number of nitrogens with one attached hydrogen (secondary N) is 2. The molecule has 18 heavy (non-hydrogen) atoms. The zero-order valence-electron chi connectivity index (χ0n) is 12.3. The van der Waals surface area contributed by atoms with E-state index >= 15 is 0 Å². The minimum atomic E-state index is -3.08. The van der Waals surface area contributed by atoms with E-state index in [2.05, 4.69) is 37.7 Å². The average molecular weight is 278 g/mol. The van der Waals surface area contributed by atoms with Crippen LogP contribution < -0.4 is 10.0 Å². The molecule has 0 aliphatic heterocycles. The first-order valence-electron chi connectivity index (χ1n) is 7.12. The summed E-state index contributed by atoms with van der Waals surface area (Å²) >= 11 is 0. The van der Waals surface area contributed by atoms with Gasteiger partial charge in [0, 0.05) is 12.6 Å². The van der Waals surface area contributed by atoms with E-state index in [9.17, 15) is 8.42 Å². The van der Waals surface area contributed by atoms with Crippen molar-refractivity contribution in [1.29, 1.82) is 0 Å². The first-order valence-corrected chi connectivity index (χ1v) is 8.77. The van der Waals surface area contributed by atoms with Gasteiger partial charge in [-0.3, -0.25) is 0 Å². The minimum Gasteiger partial charge on any atom is -0.315 e. The predicted molar refractivity (Wildman–Crippen MR) is 78.2 cm³/mol. The SMILES string of the molecule is CCC(CC)CNS(=O)(=O)CCCCNC(C)C. The molecule has 5 heteroatoms. The van der Waals surface area contributed by atoms with Crippen LogP contribution in [-0.2, 0) is 10.0 Å². The highest BCUT2D eigenvalue weighted by Crippen LogP contribution is 2.06. The van der Waals surface area contributed by atoms with Gasteiger partial charge in [0.05, 0.1) is 5.75 Å². The van der Waals surface area contributed by atoms with Crippen molar-refractivity contribution in [3.05, 3.63) is 0 Å². The van der Waals surface area contributed by atoms with Gasteiger partial charge in [0.2, 0.25) is 10.0 Å². The van der Waals surface area contributed by atoms with Crippen molar-refractivity contribution >= 4 is 10.0 Å². The van der Waals surface area contributed by atoms with Crippen LogP contribution >= 0.6 is 0 Å². The summed E-state index contributed by atoms with van der Waals surface area (Å²) in [6.45, 7) is 9.85. The third-order valence-corrected chi connectivity index (χ3v) is 4.57. The average Bonchev–Trinajstić information content (AvgIpc) is 2.29. The molecule has 0 saturated carbocycles. The molecule has 0 radical (unpaired) electrons. The van der Waals surface area contributed by atoms with E-state index in [0.717, 1.165) is 32.2 Å². The van der Waals surface area contributed by atoms with Crippen molar-refractivity contribution in [2.75, 3.05) is 18.8 Å². The van der Waals surface area contributed by atoms with Gasteiger partial charge in [0.25, 0.3) is 0 Å². The number of sulfonamides is 1. The summed E-state index contributed by atoms with van der Waals surface area (Å²) in [5.41, 5.74) is 0. The lowest BCUT2D eigenvalue weighted by Crippen LogP contribution is -2.31. The molecule has 0 saturated heterocycles. The third kappa shape index (κ3) is 9.85. The summed E-state index contributed by atoms with van der Waals surface area (Å²) in [5, 5.41) is 3.28. The van der Waals surface area contributed by atoms with Gasteiger partial charge in [-0.05, 0) is 25.3 Å². The van der Waals surface area contributed by atoms with Gasteiger partial charge >= 0.3 is 0 Å². The van der Waals surface area contributed by atoms with E-state index in [1.807, 2.05) is 0 Å². The lowest BCUT2D eigenvalue weighted by atomic mass is 10.0. The van der Waals surface area contributed by atoms with E-state index in [1.54, 1.807) is 0 Å². The number of unbranched alkanes of at least 4 members (excludes halogenated alkanes) is 1. The summed E-state index contributed by atoms with van der Waals surface area (Å²) in [5.74, 6) is 0.704. The van der Waals surface area contributed by atoms with E-state index in [4.69, 9.17) is 0 Å². The third-order valence-electron chi connectivity index (χ3n) is 3.14. The molecule has 0 unspecified atom stereocenters. The first-order chi connectivity index (χ1) is 8.41. The van der Waals surface area contributed by atoms with Gasteiger partial charge in [-0.2, -0.15) is 0 Å². The predicted octanol–water partition coefficient (Wildman–Crippen LogP) is 2.12. The summed E-state index contributed by atoms with van der Waals surface area (Å²) in [6.07, 6.45) is 3.68. The van der Waals surface area contributed by atoms with Crippen LogP contribution in [0.1, 0.15) is 53.4 Å². The van der Waals surface area contributed by atoms with Crippen LogP contribution in [0.3, 0.4) is 0 Å². The van der Waals surface area contributed by atoms with Crippen molar-refractivity contribution in [2.24, 2.45) is 5.92 Å². The highest BCUT2D eigenvalue weighted by Gasteiger charge is 2.12. The Morgan fingerprint density at radius 1 is 1.06 bits per heavy atom. The van der Waals surface area contributed by atoms with Gasteiger partial charge < -0.3 is 5.32 Å². The van der Waals surface area contributed by atoms with Crippen molar-refractivity contribution in [1.82, 2.24) is 10.0 Å². The zero-order valence-corrected chi connectivity index (χ0v) is 13.1. The molecular weight excluding hydrogens is 248 g/mol. The second-order valence-corrected chi connectivity index (χ2v) is 7.09. The van der Waals surface area contributed by atoms with E-state index in [0.29, 0.717) is 18.5 Å². The Morgan fingerprint density at radius 2 is 1.67 bits per heavy atom. The molecule has 0 aliphatic rings. The molecule has 0 aromatic rings. The normalized spacial score (nSPS) is 12.6. The molecule has 0 spiro atoms. The van der Waals surface area contributed by atoms with Gasteiger partial charge in [-0.1, -0.05) is 40.5 Å². The maximum absolute atomic E-state index is 11.7. The fourth-order valence-corrected chi connectivity index (χ4v) is 2.92. The largest absolute Gasteiger partial charge is 0.315 e. The van der Waals surface area contributed by atoms with E-state index in [-0.39, 0.29) is 5.75 Å². The summed E-state index contributed by atoms with van der Waals surface area (Å²) < 4.78 is 26.2. The molecule has 0 bridgehead atoms. The Bertz CT molecular complexity index is 285. The van der Waals surface area contributed by atoms with E-state index in [1.165, 1.54) is 0 Å². The molecule has 0 fully saturated rings. The van der Waals surface area contributed by atoms with Crippen LogP contribution in [0.25, 0.3) is 0 Å². The summed E-state index contributed by atoms with van der Waals surface area (Å²) in [6, 6.07) is 0.467. The molecule has 0 heterocycles. The van der Waals surface area contributed by atoms with Gasteiger partial charge in [-0.25, -0.2) is 13.1 Å². The molecule has 0 aromatic heterocycles. The fourth-order valence-electron chi connectivity index (χ4n) is 1.70.